The second-order valence-electron chi connectivity index (χ2n) is 4.73. The van der Waals surface area contributed by atoms with Gasteiger partial charge in [0, 0.05) is 19.6 Å². The molecule has 3 atom stereocenters. The Morgan fingerprint density at radius 1 is 1.43 bits per heavy atom. The summed E-state index contributed by atoms with van der Waals surface area (Å²) >= 11 is 0. The smallest absolute Gasteiger partial charge is 0.0940 e. The van der Waals surface area contributed by atoms with Gasteiger partial charge in [-0.05, 0) is 24.7 Å². The van der Waals surface area contributed by atoms with E-state index in [0.717, 1.165) is 24.8 Å². The van der Waals surface area contributed by atoms with Gasteiger partial charge < -0.3 is 10.6 Å². The van der Waals surface area contributed by atoms with Crippen molar-refractivity contribution in [2.24, 2.45) is 17.6 Å². The molecular formula is C11H21N3. The molecule has 0 radical (unpaired) electrons. The molecule has 1 aliphatic rings. The second-order valence-corrected chi connectivity index (χ2v) is 4.73. The van der Waals surface area contributed by atoms with Gasteiger partial charge >= 0.3 is 0 Å². The lowest BCUT2D eigenvalue weighted by Crippen LogP contribution is -2.40. The first kappa shape index (κ1) is 11.5. The van der Waals surface area contributed by atoms with Crippen LogP contribution in [0.3, 0.4) is 0 Å². The first-order valence-electron chi connectivity index (χ1n) is 5.49. The van der Waals surface area contributed by atoms with E-state index in [-0.39, 0.29) is 6.04 Å². The van der Waals surface area contributed by atoms with Crippen LogP contribution in [0.25, 0.3) is 0 Å². The molecule has 3 nitrogen and oxygen atoms in total. The van der Waals surface area contributed by atoms with Crippen LogP contribution in [0.2, 0.25) is 0 Å². The fourth-order valence-corrected chi connectivity index (χ4v) is 2.36. The molecule has 1 heterocycles. The van der Waals surface area contributed by atoms with E-state index in [1.54, 1.807) is 0 Å². The highest BCUT2D eigenvalue weighted by atomic mass is 15.1. The Hall–Kier alpha value is -0.590. The first-order valence-corrected chi connectivity index (χ1v) is 5.49. The average molecular weight is 195 g/mol. The highest BCUT2D eigenvalue weighted by Crippen LogP contribution is 2.20. The van der Waals surface area contributed by atoms with E-state index >= 15 is 0 Å². The van der Waals surface area contributed by atoms with Crippen molar-refractivity contribution in [3.8, 4) is 6.07 Å². The maximum absolute atomic E-state index is 8.57. The summed E-state index contributed by atoms with van der Waals surface area (Å²) in [6.45, 7) is 7.91. The predicted octanol–water partition coefficient (Wildman–Crippen LogP) is 1.21. The summed E-state index contributed by atoms with van der Waals surface area (Å²) in [6, 6.07) is 1.79. The fraction of sp³-hybridized carbons (Fsp3) is 0.909. The Bertz CT molecular complexity index is 199. The lowest BCUT2D eigenvalue weighted by Gasteiger charge is -2.35. The van der Waals surface area contributed by atoms with Crippen LogP contribution in [0.15, 0.2) is 0 Å². The number of nitrogens with two attached hydrogens (primary N) is 1. The van der Waals surface area contributed by atoms with Crippen molar-refractivity contribution in [3.63, 3.8) is 0 Å². The van der Waals surface area contributed by atoms with Gasteiger partial charge in [-0.2, -0.15) is 5.26 Å². The minimum absolute atomic E-state index is 0.289. The molecule has 0 aromatic carbocycles. The topological polar surface area (TPSA) is 53.0 Å². The number of likely N-dealkylation sites (tertiary alicyclic amines) is 1. The molecule has 0 aliphatic carbocycles. The van der Waals surface area contributed by atoms with E-state index in [9.17, 15) is 0 Å². The van der Waals surface area contributed by atoms with Crippen molar-refractivity contribution in [2.45, 2.75) is 32.7 Å². The monoisotopic (exact) mass is 195 g/mol. The van der Waals surface area contributed by atoms with Crippen LogP contribution in [0, 0.1) is 23.2 Å². The van der Waals surface area contributed by atoms with Gasteiger partial charge in [-0.25, -0.2) is 0 Å². The molecule has 1 fully saturated rings. The predicted molar refractivity (Wildman–Crippen MR) is 57.6 cm³/mol. The largest absolute Gasteiger partial charge is 0.316 e. The number of nitriles is 1. The van der Waals surface area contributed by atoms with Gasteiger partial charge in [0.15, 0.2) is 0 Å². The Balaban J connectivity index is 2.27. The van der Waals surface area contributed by atoms with Gasteiger partial charge in [0.2, 0.25) is 0 Å². The van der Waals surface area contributed by atoms with Gasteiger partial charge in [-0.1, -0.05) is 13.8 Å². The second kappa shape index (κ2) is 5.33. The molecule has 1 saturated heterocycles. The summed E-state index contributed by atoms with van der Waals surface area (Å²) in [5, 5.41) is 8.57. The molecule has 0 spiro atoms. The summed E-state index contributed by atoms with van der Waals surface area (Å²) in [7, 11) is 0. The molecular weight excluding hydrogens is 174 g/mol. The maximum atomic E-state index is 8.57. The summed E-state index contributed by atoms with van der Waals surface area (Å²) in [5.41, 5.74) is 5.57. The van der Waals surface area contributed by atoms with Crippen molar-refractivity contribution in [3.05, 3.63) is 0 Å². The summed E-state index contributed by atoms with van der Waals surface area (Å²) in [4.78, 5) is 2.44. The Morgan fingerprint density at radius 2 is 2.00 bits per heavy atom. The summed E-state index contributed by atoms with van der Waals surface area (Å²) in [6.07, 6.45) is 2.14. The number of hydrogen-bond acceptors (Lipinski definition) is 3. The van der Waals surface area contributed by atoms with E-state index in [1.807, 2.05) is 0 Å². The van der Waals surface area contributed by atoms with E-state index < -0.39 is 0 Å². The molecule has 0 bridgehead atoms. The minimum Gasteiger partial charge on any atom is -0.316 e. The quantitative estimate of drug-likeness (QED) is 0.736. The van der Waals surface area contributed by atoms with Crippen molar-refractivity contribution in [2.75, 3.05) is 19.6 Å². The van der Waals surface area contributed by atoms with E-state index in [0.29, 0.717) is 0 Å². The number of hydrogen-bond donors (Lipinski definition) is 1. The molecule has 3 unspecified atom stereocenters. The summed E-state index contributed by atoms with van der Waals surface area (Å²) in [5.74, 6) is 1.58. The first-order chi connectivity index (χ1) is 6.61. The van der Waals surface area contributed by atoms with Crippen LogP contribution >= 0.6 is 0 Å². The number of piperidine rings is 1. The third-order valence-electron chi connectivity index (χ3n) is 2.87. The number of rotatable bonds is 3. The van der Waals surface area contributed by atoms with Gasteiger partial charge in [-0.15, -0.1) is 0 Å². The molecule has 0 saturated carbocycles. The van der Waals surface area contributed by atoms with Crippen molar-refractivity contribution in [1.29, 1.82) is 5.26 Å². The van der Waals surface area contributed by atoms with Crippen molar-refractivity contribution < 1.29 is 0 Å². The van der Waals surface area contributed by atoms with Crippen molar-refractivity contribution >= 4 is 0 Å². The third kappa shape index (κ3) is 3.65. The average Bonchev–Trinajstić information content (AvgIpc) is 2.12. The van der Waals surface area contributed by atoms with Crippen LogP contribution in [0.1, 0.15) is 26.7 Å². The zero-order chi connectivity index (χ0) is 10.6. The Morgan fingerprint density at radius 3 is 2.50 bits per heavy atom. The zero-order valence-corrected chi connectivity index (χ0v) is 9.24. The minimum atomic E-state index is -0.289. The van der Waals surface area contributed by atoms with Gasteiger partial charge in [0.25, 0.3) is 0 Å². The fourth-order valence-electron chi connectivity index (χ4n) is 2.36. The molecule has 80 valence electrons. The molecule has 14 heavy (non-hydrogen) atoms. The molecule has 2 N–H and O–H groups in total. The highest BCUT2D eigenvalue weighted by Gasteiger charge is 2.21. The van der Waals surface area contributed by atoms with Crippen LogP contribution in [0.5, 0.6) is 0 Å². The van der Waals surface area contributed by atoms with Gasteiger partial charge in [0.05, 0.1) is 12.1 Å². The van der Waals surface area contributed by atoms with Crippen LogP contribution < -0.4 is 5.73 Å². The maximum Gasteiger partial charge on any atom is 0.0940 e. The summed E-state index contributed by atoms with van der Waals surface area (Å²) < 4.78 is 0. The Kier molecular flexibility index (Phi) is 4.37. The third-order valence-corrected chi connectivity index (χ3v) is 2.87. The molecule has 0 aromatic heterocycles. The van der Waals surface area contributed by atoms with E-state index in [2.05, 4.69) is 24.8 Å². The van der Waals surface area contributed by atoms with E-state index in [1.165, 1.54) is 19.5 Å². The van der Waals surface area contributed by atoms with E-state index in [4.69, 9.17) is 11.0 Å². The zero-order valence-electron chi connectivity index (χ0n) is 9.24. The Labute approximate surface area is 86.9 Å². The van der Waals surface area contributed by atoms with Crippen LogP contribution in [-0.4, -0.2) is 30.6 Å². The lowest BCUT2D eigenvalue weighted by molar-refractivity contribution is 0.139. The normalized spacial score (nSPS) is 31.0. The number of nitrogens with zero attached hydrogens (tertiary/aromatic N) is 2. The standard InChI is InChI=1S/C11H21N3/c1-9-5-10(2)8-14(7-9)4-3-11(13)6-12/h9-11H,3-5,7-8,13H2,1-2H3. The van der Waals surface area contributed by atoms with Crippen LogP contribution in [0.4, 0.5) is 0 Å². The molecule has 1 rings (SSSR count). The lowest BCUT2D eigenvalue weighted by atomic mass is 9.92. The molecule has 0 amide bonds. The molecule has 1 aliphatic heterocycles. The SMILES string of the molecule is CC1CC(C)CN(CCC(N)C#N)C1. The molecule has 0 aromatic rings. The van der Waals surface area contributed by atoms with Gasteiger partial charge in [-0.3, -0.25) is 0 Å². The molecule has 3 heteroatoms. The van der Waals surface area contributed by atoms with Gasteiger partial charge in [0.1, 0.15) is 0 Å². The van der Waals surface area contributed by atoms with Crippen LogP contribution in [-0.2, 0) is 0 Å². The highest BCUT2D eigenvalue weighted by molar-refractivity contribution is 4.87. The van der Waals surface area contributed by atoms with Crippen molar-refractivity contribution in [1.82, 2.24) is 4.90 Å².